The largest absolute Gasteiger partial charge is 0.338 e. The van der Waals surface area contributed by atoms with Crippen LogP contribution in [0.15, 0.2) is 36.4 Å². The van der Waals surface area contributed by atoms with Gasteiger partial charge in [-0.3, -0.25) is 4.79 Å². The predicted molar refractivity (Wildman–Crippen MR) is 102 cm³/mol. The number of carbonyl (C=O) groups excluding carboxylic acids is 1. The van der Waals surface area contributed by atoms with E-state index in [1.54, 1.807) is 17.4 Å². The van der Waals surface area contributed by atoms with Gasteiger partial charge in [0.05, 0.1) is 0 Å². The molecule has 2 aromatic rings. The van der Waals surface area contributed by atoms with Crippen LogP contribution in [0.4, 0.5) is 0 Å². The minimum atomic E-state index is 0.0838. The van der Waals surface area contributed by atoms with Crippen molar-refractivity contribution >= 4 is 23.3 Å². The summed E-state index contributed by atoms with van der Waals surface area (Å²) in [5.74, 6) is 0.995. The molecule has 0 N–H and O–H groups in total. The number of carbonyl (C=O) groups is 1. The SMILES string of the molecule is CC(C)Cc1nnc(C2CCCN(C(=O)/C=C\c3ccccc3)C2)s1. The Labute approximate surface area is 153 Å². The number of rotatable bonds is 5. The van der Waals surface area contributed by atoms with Crippen molar-refractivity contribution in [2.75, 3.05) is 13.1 Å². The molecule has 1 amide bonds. The molecule has 1 aliphatic rings. The quantitative estimate of drug-likeness (QED) is 0.757. The Morgan fingerprint density at radius 2 is 2.12 bits per heavy atom. The van der Waals surface area contributed by atoms with Crippen LogP contribution in [-0.2, 0) is 11.2 Å². The van der Waals surface area contributed by atoms with Gasteiger partial charge in [0.25, 0.3) is 0 Å². The highest BCUT2D eigenvalue weighted by Crippen LogP contribution is 2.30. The molecule has 1 fully saturated rings. The van der Waals surface area contributed by atoms with Crippen molar-refractivity contribution < 1.29 is 4.79 Å². The van der Waals surface area contributed by atoms with Crippen molar-refractivity contribution in [1.29, 1.82) is 0 Å². The molecule has 1 unspecified atom stereocenters. The maximum atomic E-state index is 12.5. The Hall–Kier alpha value is -2.01. The van der Waals surface area contributed by atoms with E-state index in [0.29, 0.717) is 11.8 Å². The van der Waals surface area contributed by atoms with E-state index in [1.807, 2.05) is 41.3 Å². The van der Waals surface area contributed by atoms with E-state index in [4.69, 9.17) is 0 Å². The number of hydrogen-bond acceptors (Lipinski definition) is 4. The van der Waals surface area contributed by atoms with Crippen LogP contribution in [0.1, 0.15) is 48.2 Å². The lowest BCUT2D eigenvalue weighted by molar-refractivity contribution is -0.127. The van der Waals surface area contributed by atoms with Gasteiger partial charge in [0.1, 0.15) is 10.0 Å². The maximum Gasteiger partial charge on any atom is 0.246 e. The monoisotopic (exact) mass is 355 g/mol. The minimum absolute atomic E-state index is 0.0838. The molecule has 4 nitrogen and oxygen atoms in total. The predicted octanol–water partition coefficient (Wildman–Crippen LogP) is 4.16. The third kappa shape index (κ3) is 4.98. The van der Waals surface area contributed by atoms with Gasteiger partial charge in [-0.05, 0) is 30.4 Å². The zero-order chi connectivity index (χ0) is 17.6. The first-order valence-electron chi connectivity index (χ1n) is 8.96. The Balaban J connectivity index is 1.61. The molecule has 1 aromatic heterocycles. The van der Waals surface area contributed by atoms with Gasteiger partial charge in [0, 0.05) is 31.5 Å². The second kappa shape index (κ2) is 8.39. The summed E-state index contributed by atoms with van der Waals surface area (Å²) >= 11 is 1.71. The van der Waals surface area contributed by atoms with Crippen molar-refractivity contribution in [2.45, 2.75) is 39.0 Å². The highest BCUT2D eigenvalue weighted by molar-refractivity contribution is 7.11. The fraction of sp³-hybridized carbons (Fsp3) is 0.450. The summed E-state index contributed by atoms with van der Waals surface area (Å²) in [6, 6.07) is 9.93. The van der Waals surface area contributed by atoms with Crippen LogP contribution in [0.25, 0.3) is 6.08 Å². The average Bonchev–Trinajstić information content (AvgIpc) is 3.08. The topological polar surface area (TPSA) is 46.1 Å². The summed E-state index contributed by atoms with van der Waals surface area (Å²) in [5.41, 5.74) is 1.05. The second-order valence-electron chi connectivity index (χ2n) is 7.00. The van der Waals surface area contributed by atoms with Crippen LogP contribution >= 0.6 is 11.3 Å². The standard InChI is InChI=1S/C20H25N3OS/c1-15(2)13-18-21-22-20(25-18)17-9-6-12-23(14-17)19(24)11-10-16-7-4-3-5-8-16/h3-5,7-8,10-11,15,17H,6,9,12-14H2,1-2H3/b11-10-. The van der Waals surface area contributed by atoms with E-state index in [9.17, 15) is 4.79 Å². The first-order chi connectivity index (χ1) is 12.1. The van der Waals surface area contributed by atoms with Gasteiger partial charge >= 0.3 is 0 Å². The molecule has 0 aliphatic carbocycles. The summed E-state index contributed by atoms with van der Waals surface area (Å²) in [7, 11) is 0. The number of nitrogens with zero attached hydrogens (tertiary/aromatic N) is 3. The summed E-state index contributed by atoms with van der Waals surface area (Å²) in [6.07, 6.45) is 6.66. The molecule has 132 valence electrons. The molecule has 3 rings (SSSR count). The van der Waals surface area contributed by atoms with Crippen molar-refractivity contribution in [3.63, 3.8) is 0 Å². The molecule has 0 bridgehead atoms. The minimum Gasteiger partial charge on any atom is -0.338 e. The van der Waals surface area contributed by atoms with E-state index < -0.39 is 0 Å². The van der Waals surface area contributed by atoms with Gasteiger partial charge in [-0.1, -0.05) is 44.2 Å². The Bertz CT molecular complexity index is 724. The number of aromatic nitrogens is 2. The lowest BCUT2D eigenvalue weighted by atomic mass is 9.99. The molecule has 1 atom stereocenters. The van der Waals surface area contributed by atoms with E-state index in [0.717, 1.165) is 47.9 Å². The second-order valence-corrected chi connectivity index (χ2v) is 8.09. The van der Waals surface area contributed by atoms with Crippen LogP contribution in [0, 0.1) is 5.92 Å². The fourth-order valence-electron chi connectivity index (χ4n) is 3.08. The van der Waals surface area contributed by atoms with Crippen LogP contribution in [0.5, 0.6) is 0 Å². The molecule has 2 heterocycles. The number of likely N-dealkylation sites (tertiary alicyclic amines) is 1. The zero-order valence-electron chi connectivity index (χ0n) is 14.9. The van der Waals surface area contributed by atoms with E-state index in [2.05, 4.69) is 24.0 Å². The molecule has 25 heavy (non-hydrogen) atoms. The molecule has 0 spiro atoms. The number of benzene rings is 1. The van der Waals surface area contributed by atoms with Gasteiger partial charge in [0.2, 0.25) is 5.91 Å². The summed E-state index contributed by atoms with van der Waals surface area (Å²) in [4.78, 5) is 14.4. The summed E-state index contributed by atoms with van der Waals surface area (Å²) < 4.78 is 0. The Morgan fingerprint density at radius 1 is 1.32 bits per heavy atom. The van der Waals surface area contributed by atoms with Crippen molar-refractivity contribution in [1.82, 2.24) is 15.1 Å². The highest BCUT2D eigenvalue weighted by atomic mass is 32.1. The maximum absolute atomic E-state index is 12.5. The molecule has 1 aromatic carbocycles. The third-order valence-electron chi connectivity index (χ3n) is 4.37. The Morgan fingerprint density at radius 3 is 2.88 bits per heavy atom. The van der Waals surface area contributed by atoms with Gasteiger partial charge in [-0.2, -0.15) is 0 Å². The zero-order valence-corrected chi connectivity index (χ0v) is 15.7. The average molecular weight is 356 g/mol. The van der Waals surface area contributed by atoms with Crippen LogP contribution in [0.3, 0.4) is 0 Å². The van der Waals surface area contributed by atoms with Crippen LogP contribution in [0.2, 0.25) is 0 Å². The lowest BCUT2D eigenvalue weighted by Crippen LogP contribution is -2.38. The van der Waals surface area contributed by atoms with Crippen molar-refractivity contribution in [3.05, 3.63) is 52.0 Å². The normalized spacial score (nSPS) is 18.2. The molecule has 0 saturated carbocycles. The molecular weight excluding hydrogens is 330 g/mol. The van der Waals surface area contributed by atoms with E-state index >= 15 is 0 Å². The fourth-order valence-corrected chi connectivity index (χ4v) is 4.26. The summed E-state index contributed by atoms with van der Waals surface area (Å²) in [5, 5.41) is 10.9. The third-order valence-corrected chi connectivity index (χ3v) is 5.47. The first kappa shape index (κ1) is 17.8. The number of amides is 1. The van der Waals surface area contributed by atoms with Crippen LogP contribution < -0.4 is 0 Å². The van der Waals surface area contributed by atoms with Gasteiger partial charge < -0.3 is 4.90 Å². The molecule has 1 saturated heterocycles. The first-order valence-corrected chi connectivity index (χ1v) is 9.78. The highest BCUT2D eigenvalue weighted by Gasteiger charge is 2.26. The van der Waals surface area contributed by atoms with Gasteiger partial charge in [-0.25, -0.2) is 0 Å². The molecule has 5 heteroatoms. The molecule has 0 radical (unpaired) electrons. The molecule has 1 aliphatic heterocycles. The van der Waals surface area contributed by atoms with E-state index in [-0.39, 0.29) is 5.91 Å². The lowest BCUT2D eigenvalue weighted by Gasteiger charge is -2.30. The van der Waals surface area contributed by atoms with Gasteiger partial charge in [0.15, 0.2) is 0 Å². The van der Waals surface area contributed by atoms with Gasteiger partial charge in [-0.15, -0.1) is 21.5 Å². The number of piperidine rings is 1. The van der Waals surface area contributed by atoms with E-state index in [1.165, 1.54) is 0 Å². The van der Waals surface area contributed by atoms with Crippen molar-refractivity contribution in [3.8, 4) is 0 Å². The molecular formula is C20H25N3OS. The number of hydrogen-bond donors (Lipinski definition) is 0. The summed E-state index contributed by atoms with van der Waals surface area (Å²) in [6.45, 7) is 5.96. The van der Waals surface area contributed by atoms with Crippen LogP contribution in [-0.4, -0.2) is 34.1 Å². The smallest absolute Gasteiger partial charge is 0.246 e. The van der Waals surface area contributed by atoms with Crippen molar-refractivity contribution in [2.24, 2.45) is 5.92 Å². The Kier molecular flexibility index (Phi) is 5.97.